The maximum Gasteiger partial charge on any atom is 0.143 e. The van der Waals surface area contributed by atoms with E-state index in [0.717, 1.165) is 61.0 Å². The maximum atomic E-state index is 6.67. The Morgan fingerprint density at radius 2 is 0.941 bits per heavy atom. The van der Waals surface area contributed by atoms with Crippen LogP contribution in [0.5, 0.6) is 0 Å². The molecule has 0 saturated carbocycles. The molecular formula is C48H27NO2. The van der Waals surface area contributed by atoms with Crippen molar-refractivity contribution in [1.29, 1.82) is 0 Å². The fourth-order valence-electron chi connectivity index (χ4n) is 8.73. The number of rotatable bonds is 3. The molecule has 51 heavy (non-hydrogen) atoms. The molecule has 0 spiro atoms. The predicted octanol–water partition coefficient (Wildman–Crippen LogP) is 13.7. The quantitative estimate of drug-likeness (QED) is 0.178. The van der Waals surface area contributed by atoms with Crippen molar-refractivity contribution in [2.75, 3.05) is 0 Å². The van der Waals surface area contributed by atoms with E-state index >= 15 is 0 Å². The second-order valence-electron chi connectivity index (χ2n) is 13.6. The van der Waals surface area contributed by atoms with Gasteiger partial charge in [-0.15, -0.1) is 0 Å². The minimum Gasteiger partial charge on any atom is -0.455 e. The molecule has 3 nitrogen and oxygen atoms in total. The van der Waals surface area contributed by atoms with Crippen LogP contribution in [0.4, 0.5) is 0 Å². The van der Waals surface area contributed by atoms with Gasteiger partial charge in [0.05, 0.1) is 11.0 Å². The van der Waals surface area contributed by atoms with Gasteiger partial charge in [0.25, 0.3) is 0 Å². The molecular weight excluding hydrogens is 623 g/mol. The number of aromatic nitrogens is 1. The smallest absolute Gasteiger partial charge is 0.143 e. The summed E-state index contributed by atoms with van der Waals surface area (Å²) in [5.74, 6) is 0. The lowest BCUT2D eigenvalue weighted by Crippen LogP contribution is -1.94. The summed E-state index contributed by atoms with van der Waals surface area (Å²) in [6.07, 6.45) is 0. The number of nitrogens with zero attached hydrogens (tertiary/aromatic N) is 1. The highest BCUT2D eigenvalue weighted by Crippen LogP contribution is 2.46. The second-order valence-corrected chi connectivity index (χ2v) is 13.6. The van der Waals surface area contributed by atoms with Gasteiger partial charge in [-0.3, -0.25) is 0 Å². The number of benzene rings is 9. The summed E-state index contributed by atoms with van der Waals surface area (Å²) in [5.41, 5.74) is 11.7. The van der Waals surface area contributed by atoms with Gasteiger partial charge < -0.3 is 13.4 Å². The molecule has 0 saturated heterocycles. The third-order valence-electron chi connectivity index (χ3n) is 11.0. The minimum absolute atomic E-state index is 0.913. The van der Waals surface area contributed by atoms with E-state index in [1.165, 1.54) is 54.1 Å². The zero-order chi connectivity index (χ0) is 33.2. The Morgan fingerprint density at radius 3 is 1.80 bits per heavy atom. The van der Waals surface area contributed by atoms with Crippen molar-refractivity contribution in [3.63, 3.8) is 0 Å². The van der Waals surface area contributed by atoms with Crippen molar-refractivity contribution in [3.8, 4) is 27.9 Å². The Hall–Kier alpha value is -6.84. The van der Waals surface area contributed by atoms with Gasteiger partial charge in [0.2, 0.25) is 0 Å². The largest absolute Gasteiger partial charge is 0.455 e. The SMILES string of the molecule is c1ccc2c(c1)oc1c(-c3ccc4c(c3)c3ccccc3n4-c3ccc(-c4ccc5c6ccccc6c6cccc7oc4c5c76)cc3)cccc12. The fraction of sp³-hybridized carbons (Fsp3) is 0. The van der Waals surface area contributed by atoms with Gasteiger partial charge in [0.15, 0.2) is 0 Å². The summed E-state index contributed by atoms with van der Waals surface area (Å²) < 4.78 is 15.5. The molecule has 3 aromatic heterocycles. The van der Waals surface area contributed by atoms with E-state index in [1.54, 1.807) is 0 Å². The van der Waals surface area contributed by atoms with Crippen LogP contribution >= 0.6 is 0 Å². The van der Waals surface area contributed by atoms with Crippen molar-refractivity contribution in [3.05, 3.63) is 164 Å². The molecule has 0 atom stereocenters. The molecule has 12 rings (SSSR count). The van der Waals surface area contributed by atoms with Crippen molar-refractivity contribution in [1.82, 2.24) is 4.57 Å². The summed E-state index contributed by atoms with van der Waals surface area (Å²) in [4.78, 5) is 0. The predicted molar refractivity (Wildman–Crippen MR) is 212 cm³/mol. The Bertz CT molecular complexity index is 3360. The van der Waals surface area contributed by atoms with Gasteiger partial charge in [-0.1, -0.05) is 115 Å². The third kappa shape index (κ3) is 3.62. The van der Waals surface area contributed by atoms with E-state index in [4.69, 9.17) is 8.83 Å². The van der Waals surface area contributed by atoms with E-state index in [-0.39, 0.29) is 0 Å². The van der Waals surface area contributed by atoms with Gasteiger partial charge in [-0.2, -0.15) is 0 Å². The van der Waals surface area contributed by atoms with E-state index in [9.17, 15) is 0 Å². The van der Waals surface area contributed by atoms with E-state index in [0.29, 0.717) is 0 Å². The Balaban J connectivity index is 1.02. The van der Waals surface area contributed by atoms with Crippen molar-refractivity contribution >= 4 is 87.2 Å². The summed E-state index contributed by atoms with van der Waals surface area (Å²) in [7, 11) is 0. The monoisotopic (exact) mass is 649 g/mol. The molecule has 9 aromatic carbocycles. The lowest BCUT2D eigenvalue weighted by molar-refractivity contribution is 0.670. The highest BCUT2D eigenvalue weighted by atomic mass is 16.3. The van der Waals surface area contributed by atoms with Crippen molar-refractivity contribution in [2.45, 2.75) is 0 Å². The molecule has 0 bridgehead atoms. The molecule has 0 N–H and O–H groups in total. The van der Waals surface area contributed by atoms with Gasteiger partial charge in [-0.25, -0.2) is 0 Å². The van der Waals surface area contributed by atoms with Crippen molar-refractivity contribution < 1.29 is 8.83 Å². The van der Waals surface area contributed by atoms with Crippen LogP contribution in [-0.2, 0) is 0 Å². The van der Waals surface area contributed by atoms with Crippen LogP contribution in [0.25, 0.3) is 115 Å². The third-order valence-corrected chi connectivity index (χ3v) is 11.0. The lowest BCUT2D eigenvalue weighted by atomic mass is 9.92. The van der Waals surface area contributed by atoms with Crippen LogP contribution in [0.15, 0.2) is 173 Å². The highest BCUT2D eigenvalue weighted by Gasteiger charge is 2.21. The molecule has 0 aliphatic carbocycles. The number of hydrogen-bond acceptors (Lipinski definition) is 2. The summed E-state index contributed by atoms with van der Waals surface area (Å²) >= 11 is 0. The Labute approximate surface area is 291 Å². The Morgan fingerprint density at radius 1 is 0.333 bits per heavy atom. The highest BCUT2D eigenvalue weighted by molar-refractivity contribution is 6.34. The first-order valence-corrected chi connectivity index (χ1v) is 17.4. The van der Waals surface area contributed by atoms with Gasteiger partial charge in [0.1, 0.15) is 22.3 Å². The van der Waals surface area contributed by atoms with E-state index in [2.05, 4.69) is 156 Å². The first-order valence-electron chi connectivity index (χ1n) is 17.4. The second kappa shape index (κ2) is 9.87. The summed E-state index contributed by atoms with van der Waals surface area (Å²) in [5, 5.41) is 12.1. The van der Waals surface area contributed by atoms with Gasteiger partial charge >= 0.3 is 0 Å². The molecule has 236 valence electrons. The van der Waals surface area contributed by atoms with E-state index < -0.39 is 0 Å². The van der Waals surface area contributed by atoms with E-state index in [1.807, 2.05) is 12.1 Å². The molecule has 0 radical (unpaired) electrons. The van der Waals surface area contributed by atoms with Crippen LogP contribution in [0.1, 0.15) is 0 Å². The number of furan rings is 2. The first kappa shape index (κ1) is 27.0. The zero-order valence-electron chi connectivity index (χ0n) is 27.4. The molecule has 0 aliphatic heterocycles. The Kier molecular flexibility index (Phi) is 5.23. The van der Waals surface area contributed by atoms with Crippen molar-refractivity contribution in [2.24, 2.45) is 0 Å². The maximum absolute atomic E-state index is 6.67. The number of hydrogen-bond donors (Lipinski definition) is 0. The fourth-order valence-corrected chi connectivity index (χ4v) is 8.73. The molecule has 3 heterocycles. The minimum atomic E-state index is 0.913. The normalized spacial score (nSPS) is 12.3. The van der Waals surface area contributed by atoms with Crippen LogP contribution in [-0.4, -0.2) is 4.57 Å². The average molecular weight is 650 g/mol. The van der Waals surface area contributed by atoms with Gasteiger partial charge in [0, 0.05) is 49.1 Å². The van der Waals surface area contributed by atoms with Crippen LogP contribution in [0, 0.1) is 0 Å². The molecule has 0 aliphatic rings. The van der Waals surface area contributed by atoms with Crippen LogP contribution in [0.3, 0.4) is 0 Å². The van der Waals surface area contributed by atoms with Gasteiger partial charge in [-0.05, 0) is 81.2 Å². The molecule has 12 aromatic rings. The molecule has 0 fully saturated rings. The lowest BCUT2D eigenvalue weighted by Gasteiger charge is -2.11. The standard InChI is InChI=1S/C48H27NO2/c1-2-10-34-33(9-1)37-14-8-18-44-45(37)46-38(34)25-24-32(48(46)51-44)28-19-22-30(23-20-28)49-41-16-5-3-11-35(41)40-27-29(21-26-42(40)49)31-13-7-15-39-36-12-4-6-17-43(36)50-47(31)39/h1-27H. The topological polar surface area (TPSA) is 31.2 Å². The zero-order valence-corrected chi connectivity index (χ0v) is 27.4. The number of fused-ring (bicyclic) bond motifs is 9. The van der Waals surface area contributed by atoms with Crippen LogP contribution < -0.4 is 0 Å². The van der Waals surface area contributed by atoms with Crippen LogP contribution in [0.2, 0.25) is 0 Å². The molecule has 3 heteroatoms. The number of para-hydroxylation sites is 3. The molecule has 0 amide bonds. The first-order chi connectivity index (χ1) is 25.3. The average Bonchev–Trinajstić information content (AvgIpc) is 3.88. The molecule has 0 unspecified atom stereocenters. The summed E-state index contributed by atoms with van der Waals surface area (Å²) in [6, 6.07) is 58.7. The summed E-state index contributed by atoms with van der Waals surface area (Å²) in [6.45, 7) is 0.